The van der Waals surface area contributed by atoms with Crippen LogP contribution < -0.4 is 5.69 Å². The Bertz CT molecular complexity index is 510. The monoisotopic (exact) mass is 222 g/mol. The molecule has 15 heavy (non-hydrogen) atoms. The minimum Gasteiger partial charge on any atom is -0.312 e. The van der Waals surface area contributed by atoms with Crippen LogP contribution in [0, 0.1) is 0 Å². The molecule has 3 nitrogen and oxygen atoms in total. The first-order valence-corrected chi connectivity index (χ1v) is 5.14. The van der Waals surface area contributed by atoms with Crippen molar-refractivity contribution in [1.82, 2.24) is 9.55 Å². The molecule has 0 unspecified atom stereocenters. The number of nitrogens with zero attached hydrogens (tertiary/aromatic N) is 1. The predicted molar refractivity (Wildman–Crippen MR) is 61.2 cm³/mol. The summed E-state index contributed by atoms with van der Waals surface area (Å²) in [7, 11) is 0. The Labute approximate surface area is 92.3 Å². The van der Waals surface area contributed by atoms with Crippen molar-refractivity contribution in [2.24, 2.45) is 0 Å². The fraction of sp³-hybridized carbons (Fsp3) is 0.182. The summed E-state index contributed by atoms with van der Waals surface area (Å²) in [6.07, 6.45) is 1.72. The van der Waals surface area contributed by atoms with E-state index in [0.29, 0.717) is 11.6 Å². The topological polar surface area (TPSA) is 37.8 Å². The van der Waals surface area contributed by atoms with Gasteiger partial charge in [0.2, 0.25) is 0 Å². The lowest BCUT2D eigenvalue weighted by molar-refractivity contribution is 0.736. The largest absolute Gasteiger partial charge is 0.325 e. The zero-order valence-corrected chi connectivity index (χ0v) is 9.08. The molecule has 0 saturated heterocycles. The Hall–Kier alpha value is -1.48. The highest BCUT2D eigenvalue weighted by molar-refractivity contribution is 6.30. The molecule has 1 aromatic heterocycles. The summed E-state index contributed by atoms with van der Waals surface area (Å²) in [5.74, 6) is 0. The van der Waals surface area contributed by atoms with Gasteiger partial charge >= 0.3 is 5.69 Å². The molecule has 0 radical (unpaired) electrons. The third-order valence-corrected chi connectivity index (χ3v) is 2.58. The molecule has 0 saturated carbocycles. The minimum absolute atomic E-state index is 0.0811. The van der Waals surface area contributed by atoms with Crippen molar-refractivity contribution in [2.45, 2.75) is 13.5 Å². The Morgan fingerprint density at radius 3 is 2.60 bits per heavy atom. The molecule has 78 valence electrons. The van der Waals surface area contributed by atoms with Gasteiger partial charge < -0.3 is 4.98 Å². The number of aromatic amines is 1. The van der Waals surface area contributed by atoms with Gasteiger partial charge in [-0.25, -0.2) is 4.79 Å². The molecular formula is C11H11ClN2O. The Balaban J connectivity index is 2.54. The van der Waals surface area contributed by atoms with Crippen LogP contribution in [0.5, 0.6) is 0 Å². The van der Waals surface area contributed by atoms with Crippen LogP contribution in [0.2, 0.25) is 5.02 Å². The zero-order chi connectivity index (χ0) is 10.8. The lowest BCUT2D eigenvalue weighted by atomic mass is 10.2. The number of H-pyrrole nitrogens is 1. The molecule has 0 fully saturated rings. The highest BCUT2D eigenvalue weighted by Gasteiger charge is 2.05. The van der Waals surface area contributed by atoms with Crippen LogP contribution in [-0.4, -0.2) is 9.55 Å². The van der Waals surface area contributed by atoms with E-state index >= 15 is 0 Å². The molecule has 1 heterocycles. The molecule has 1 N–H and O–H groups in total. The van der Waals surface area contributed by atoms with Crippen molar-refractivity contribution in [3.8, 4) is 11.3 Å². The summed E-state index contributed by atoms with van der Waals surface area (Å²) < 4.78 is 1.68. The highest BCUT2D eigenvalue weighted by Crippen LogP contribution is 2.19. The zero-order valence-electron chi connectivity index (χ0n) is 8.33. The molecule has 0 aliphatic rings. The summed E-state index contributed by atoms with van der Waals surface area (Å²) in [6.45, 7) is 2.59. The van der Waals surface area contributed by atoms with Crippen molar-refractivity contribution >= 4 is 11.6 Å². The van der Waals surface area contributed by atoms with Gasteiger partial charge in [0.15, 0.2) is 0 Å². The van der Waals surface area contributed by atoms with Gasteiger partial charge in [0.05, 0.1) is 5.69 Å². The van der Waals surface area contributed by atoms with E-state index in [9.17, 15) is 4.79 Å². The number of hydrogen-bond acceptors (Lipinski definition) is 1. The van der Waals surface area contributed by atoms with Gasteiger partial charge in [-0.2, -0.15) is 0 Å². The maximum atomic E-state index is 11.4. The van der Waals surface area contributed by atoms with Gasteiger partial charge in [0.1, 0.15) is 0 Å². The summed E-state index contributed by atoms with van der Waals surface area (Å²) >= 11 is 5.80. The lowest BCUT2D eigenvalue weighted by Crippen LogP contribution is -2.16. The Morgan fingerprint density at radius 1 is 1.33 bits per heavy atom. The van der Waals surface area contributed by atoms with E-state index in [1.807, 2.05) is 31.2 Å². The molecule has 0 spiro atoms. The van der Waals surface area contributed by atoms with Crippen molar-refractivity contribution in [3.63, 3.8) is 0 Å². The number of halogens is 1. The third kappa shape index (κ3) is 1.83. The second-order valence-corrected chi connectivity index (χ2v) is 3.67. The fourth-order valence-corrected chi connectivity index (χ4v) is 1.70. The summed E-state index contributed by atoms with van der Waals surface area (Å²) in [6, 6.07) is 7.43. The Kier molecular flexibility index (Phi) is 2.64. The van der Waals surface area contributed by atoms with Gasteiger partial charge in [0.25, 0.3) is 0 Å². The fourth-order valence-electron chi connectivity index (χ4n) is 1.57. The Morgan fingerprint density at radius 2 is 2.00 bits per heavy atom. The second-order valence-electron chi connectivity index (χ2n) is 3.23. The van der Waals surface area contributed by atoms with Crippen LogP contribution in [0.25, 0.3) is 11.3 Å². The van der Waals surface area contributed by atoms with Crippen molar-refractivity contribution in [3.05, 3.63) is 46.0 Å². The smallest absolute Gasteiger partial charge is 0.312 e. The van der Waals surface area contributed by atoms with Crippen LogP contribution >= 0.6 is 11.6 Å². The highest BCUT2D eigenvalue weighted by atomic mass is 35.5. The van der Waals surface area contributed by atoms with E-state index in [0.717, 1.165) is 11.3 Å². The summed E-state index contributed by atoms with van der Waals surface area (Å²) in [5, 5.41) is 0.694. The maximum absolute atomic E-state index is 11.4. The van der Waals surface area contributed by atoms with Gasteiger partial charge in [0, 0.05) is 17.8 Å². The predicted octanol–water partition coefficient (Wildman–Crippen LogP) is 2.52. The molecular weight excluding hydrogens is 212 g/mol. The molecule has 4 heteroatoms. The maximum Gasteiger partial charge on any atom is 0.325 e. The van der Waals surface area contributed by atoms with Gasteiger partial charge in [-0.3, -0.25) is 4.57 Å². The molecule has 0 atom stereocenters. The normalized spacial score (nSPS) is 10.5. The quantitative estimate of drug-likeness (QED) is 0.833. The first-order valence-electron chi connectivity index (χ1n) is 4.76. The standard InChI is InChI=1S/C11H11ClN2O/c1-2-14-10(7-13-11(14)15)8-3-5-9(12)6-4-8/h3-7H,2H2,1H3,(H,13,15). The number of hydrogen-bond donors (Lipinski definition) is 1. The molecule has 0 amide bonds. The third-order valence-electron chi connectivity index (χ3n) is 2.32. The van der Waals surface area contributed by atoms with Crippen LogP contribution in [0.3, 0.4) is 0 Å². The van der Waals surface area contributed by atoms with E-state index in [2.05, 4.69) is 4.98 Å². The first-order chi connectivity index (χ1) is 7.22. The van der Waals surface area contributed by atoms with Gasteiger partial charge in [-0.05, 0) is 24.6 Å². The number of imidazole rings is 1. The second kappa shape index (κ2) is 3.95. The summed E-state index contributed by atoms with van der Waals surface area (Å²) in [5.41, 5.74) is 1.79. The van der Waals surface area contributed by atoms with Crippen molar-refractivity contribution in [1.29, 1.82) is 0 Å². The molecule has 2 rings (SSSR count). The van der Waals surface area contributed by atoms with E-state index < -0.39 is 0 Å². The van der Waals surface area contributed by atoms with Gasteiger partial charge in [-0.1, -0.05) is 23.7 Å². The first kappa shape index (κ1) is 10.1. The average Bonchev–Trinajstić information content (AvgIpc) is 2.61. The average molecular weight is 223 g/mol. The number of benzene rings is 1. The SMILES string of the molecule is CCn1c(-c2ccc(Cl)cc2)c[nH]c1=O. The van der Waals surface area contributed by atoms with E-state index in [1.165, 1.54) is 0 Å². The number of rotatable bonds is 2. The molecule has 2 aromatic rings. The van der Waals surface area contributed by atoms with Crippen molar-refractivity contribution in [2.75, 3.05) is 0 Å². The molecule has 0 aliphatic carbocycles. The van der Waals surface area contributed by atoms with Crippen LogP contribution in [0.4, 0.5) is 0 Å². The number of nitrogens with one attached hydrogen (secondary N) is 1. The number of aromatic nitrogens is 2. The lowest BCUT2D eigenvalue weighted by Gasteiger charge is -2.03. The minimum atomic E-state index is -0.0811. The van der Waals surface area contributed by atoms with E-state index in [-0.39, 0.29) is 5.69 Å². The van der Waals surface area contributed by atoms with Crippen LogP contribution in [0.1, 0.15) is 6.92 Å². The molecule has 0 bridgehead atoms. The molecule has 1 aromatic carbocycles. The summed E-state index contributed by atoms with van der Waals surface area (Å²) in [4.78, 5) is 14.1. The molecule has 0 aliphatic heterocycles. The van der Waals surface area contributed by atoms with Gasteiger partial charge in [-0.15, -0.1) is 0 Å². The van der Waals surface area contributed by atoms with E-state index in [1.54, 1.807) is 10.8 Å². The van der Waals surface area contributed by atoms with Crippen LogP contribution in [0.15, 0.2) is 35.3 Å². The van der Waals surface area contributed by atoms with Crippen molar-refractivity contribution < 1.29 is 0 Å². The van der Waals surface area contributed by atoms with E-state index in [4.69, 9.17) is 11.6 Å². The van der Waals surface area contributed by atoms with Crippen LogP contribution in [-0.2, 0) is 6.54 Å².